The van der Waals surface area contributed by atoms with Gasteiger partial charge in [-0.2, -0.15) is 0 Å². The van der Waals surface area contributed by atoms with Crippen LogP contribution in [-0.4, -0.2) is 28.8 Å². The van der Waals surface area contributed by atoms with Gasteiger partial charge in [-0.15, -0.1) is 0 Å². The summed E-state index contributed by atoms with van der Waals surface area (Å²) in [6, 6.07) is 3.06. The summed E-state index contributed by atoms with van der Waals surface area (Å²) in [7, 11) is 0. The summed E-state index contributed by atoms with van der Waals surface area (Å²) in [4.78, 5) is 24.5. The van der Waals surface area contributed by atoms with Crippen LogP contribution >= 0.6 is 0 Å². The molecule has 1 unspecified atom stereocenters. The molecule has 6 heteroatoms. The molecule has 1 aliphatic rings. The number of carboxylic acids is 1. The van der Waals surface area contributed by atoms with Crippen molar-refractivity contribution in [3.05, 3.63) is 29.6 Å². The number of nitrogens with zero attached hydrogens (tertiary/aromatic N) is 1. The number of anilines is 1. The first-order chi connectivity index (χ1) is 9.20. The second-order valence-corrected chi connectivity index (χ2v) is 5.65. The van der Waals surface area contributed by atoms with Crippen LogP contribution in [0.15, 0.2) is 18.2 Å². The molecule has 1 N–H and O–H groups in total. The Balaban J connectivity index is 2.41. The molecule has 108 valence electrons. The van der Waals surface area contributed by atoms with Crippen LogP contribution in [0.4, 0.5) is 14.9 Å². The number of aliphatic carboxylic acids is 1. The van der Waals surface area contributed by atoms with Crippen LogP contribution in [0, 0.1) is 5.82 Å². The first-order valence-corrected chi connectivity index (χ1v) is 6.23. The van der Waals surface area contributed by atoms with Crippen LogP contribution in [0.3, 0.4) is 0 Å². The van der Waals surface area contributed by atoms with Crippen molar-refractivity contribution in [3.8, 4) is 0 Å². The van der Waals surface area contributed by atoms with Gasteiger partial charge in [0.15, 0.2) is 0 Å². The lowest BCUT2D eigenvalue weighted by Crippen LogP contribution is -2.45. The van der Waals surface area contributed by atoms with Crippen LogP contribution in [0.1, 0.15) is 26.3 Å². The van der Waals surface area contributed by atoms with E-state index in [1.807, 2.05) is 0 Å². The third-order valence-corrected chi connectivity index (χ3v) is 2.94. The number of carboxylic acid groups (broad SMARTS) is 1. The second-order valence-electron chi connectivity index (χ2n) is 5.65. The van der Waals surface area contributed by atoms with E-state index in [1.54, 1.807) is 20.8 Å². The Morgan fingerprint density at radius 2 is 2.05 bits per heavy atom. The fourth-order valence-corrected chi connectivity index (χ4v) is 2.16. The molecule has 0 aliphatic carbocycles. The number of carbonyl (C=O) groups is 2. The summed E-state index contributed by atoms with van der Waals surface area (Å²) < 4.78 is 18.9. The van der Waals surface area contributed by atoms with Crippen LogP contribution in [0.5, 0.6) is 0 Å². The second kappa shape index (κ2) is 4.77. The molecular weight excluding hydrogens is 265 g/mol. The van der Waals surface area contributed by atoms with Crippen LogP contribution in [0.25, 0.3) is 0 Å². The average Bonchev–Trinajstić information content (AvgIpc) is 2.67. The Kier molecular flexibility index (Phi) is 3.41. The number of ether oxygens (including phenoxy) is 1. The minimum atomic E-state index is -1.19. The highest BCUT2D eigenvalue weighted by atomic mass is 19.1. The molecule has 0 radical (unpaired) electrons. The number of carbonyl (C=O) groups excluding carboxylic acids is 1. The summed E-state index contributed by atoms with van der Waals surface area (Å²) in [5, 5.41) is 9.22. The van der Waals surface area contributed by atoms with Crippen molar-refractivity contribution in [1.82, 2.24) is 0 Å². The van der Waals surface area contributed by atoms with Crippen LogP contribution in [0.2, 0.25) is 0 Å². The number of hydrogen-bond donors (Lipinski definition) is 1. The Hall–Kier alpha value is -2.11. The SMILES string of the molecule is CC(C)(C)OC(=O)N1c2cccc(F)c2CC1C(=O)O. The largest absolute Gasteiger partial charge is 0.480 e. The maximum absolute atomic E-state index is 13.7. The summed E-state index contributed by atoms with van der Waals surface area (Å²) in [5.41, 5.74) is -0.270. The molecule has 1 aromatic carbocycles. The highest BCUT2D eigenvalue weighted by Gasteiger charge is 2.41. The van der Waals surface area contributed by atoms with Gasteiger partial charge in [0.2, 0.25) is 0 Å². The van der Waals surface area contributed by atoms with E-state index in [0.29, 0.717) is 0 Å². The van der Waals surface area contributed by atoms with E-state index < -0.39 is 29.5 Å². The molecular formula is C14H16FNO4. The van der Waals surface area contributed by atoms with Crippen molar-refractivity contribution in [2.45, 2.75) is 38.8 Å². The lowest BCUT2D eigenvalue weighted by molar-refractivity contribution is -0.138. The highest BCUT2D eigenvalue weighted by molar-refractivity contribution is 5.98. The first kappa shape index (κ1) is 14.3. The Bertz CT molecular complexity index is 565. The summed E-state index contributed by atoms with van der Waals surface area (Å²) in [5.74, 6) is -1.70. The van der Waals surface area contributed by atoms with E-state index >= 15 is 0 Å². The Labute approximate surface area is 116 Å². The molecule has 0 bridgehead atoms. The van der Waals surface area contributed by atoms with Crippen molar-refractivity contribution < 1.29 is 23.8 Å². The van der Waals surface area contributed by atoms with Gasteiger partial charge < -0.3 is 9.84 Å². The quantitative estimate of drug-likeness (QED) is 0.859. The van der Waals surface area contributed by atoms with Crippen molar-refractivity contribution in [1.29, 1.82) is 0 Å². The number of halogens is 1. The van der Waals surface area contributed by atoms with Gasteiger partial charge in [-0.05, 0) is 32.9 Å². The molecule has 2 rings (SSSR count). The minimum Gasteiger partial charge on any atom is -0.480 e. The number of hydrogen-bond acceptors (Lipinski definition) is 3. The molecule has 5 nitrogen and oxygen atoms in total. The molecule has 20 heavy (non-hydrogen) atoms. The van der Waals surface area contributed by atoms with Gasteiger partial charge in [0.25, 0.3) is 0 Å². The van der Waals surface area contributed by atoms with E-state index in [9.17, 15) is 19.1 Å². The maximum atomic E-state index is 13.7. The maximum Gasteiger partial charge on any atom is 0.415 e. The lowest BCUT2D eigenvalue weighted by Gasteiger charge is -2.27. The van der Waals surface area contributed by atoms with Gasteiger partial charge in [-0.1, -0.05) is 6.07 Å². The van der Waals surface area contributed by atoms with E-state index in [1.165, 1.54) is 18.2 Å². The molecule has 0 spiro atoms. The Morgan fingerprint density at radius 1 is 1.40 bits per heavy atom. The zero-order valence-corrected chi connectivity index (χ0v) is 11.5. The minimum absolute atomic E-state index is 0.0589. The fourth-order valence-electron chi connectivity index (χ4n) is 2.16. The smallest absolute Gasteiger partial charge is 0.415 e. The van der Waals surface area contributed by atoms with Crippen LogP contribution < -0.4 is 4.90 Å². The highest BCUT2D eigenvalue weighted by Crippen LogP contribution is 2.35. The molecule has 0 fully saturated rings. The zero-order chi connectivity index (χ0) is 15.1. The van der Waals surface area contributed by atoms with Crippen molar-refractivity contribution in [2.24, 2.45) is 0 Å². The molecule has 1 aliphatic heterocycles. The number of fused-ring (bicyclic) bond motifs is 1. The first-order valence-electron chi connectivity index (χ1n) is 6.23. The molecule has 1 heterocycles. The number of benzene rings is 1. The van der Waals surface area contributed by atoms with E-state index in [-0.39, 0.29) is 17.7 Å². The molecule has 1 aromatic rings. The summed E-state index contributed by atoms with van der Waals surface area (Å²) >= 11 is 0. The zero-order valence-electron chi connectivity index (χ0n) is 11.5. The van der Waals surface area contributed by atoms with Gasteiger partial charge in [-0.25, -0.2) is 14.0 Å². The van der Waals surface area contributed by atoms with Gasteiger partial charge in [0.05, 0.1) is 5.69 Å². The average molecular weight is 281 g/mol. The van der Waals surface area contributed by atoms with Crippen molar-refractivity contribution in [2.75, 3.05) is 4.90 Å². The third kappa shape index (κ3) is 2.59. The van der Waals surface area contributed by atoms with Gasteiger partial charge in [0.1, 0.15) is 17.5 Å². The summed E-state index contributed by atoms with van der Waals surface area (Å²) in [6.45, 7) is 5.05. The fraction of sp³-hybridized carbons (Fsp3) is 0.429. The molecule has 0 saturated carbocycles. The standard InChI is InChI=1S/C14H16FNO4/c1-14(2,3)20-13(19)16-10-6-4-5-9(15)8(10)7-11(16)12(17)18/h4-6,11H,7H2,1-3H3,(H,17,18). The normalized spacial score (nSPS) is 17.8. The number of rotatable bonds is 1. The molecule has 0 aromatic heterocycles. The molecule has 1 amide bonds. The third-order valence-electron chi connectivity index (χ3n) is 2.94. The van der Waals surface area contributed by atoms with Gasteiger partial charge >= 0.3 is 12.1 Å². The monoisotopic (exact) mass is 281 g/mol. The van der Waals surface area contributed by atoms with E-state index in [4.69, 9.17) is 4.74 Å². The van der Waals surface area contributed by atoms with Crippen molar-refractivity contribution >= 4 is 17.7 Å². The van der Waals surface area contributed by atoms with Crippen molar-refractivity contribution in [3.63, 3.8) is 0 Å². The predicted octanol–water partition coefficient (Wildman–Crippen LogP) is 2.58. The van der Waals surface area contributed by atoms with E-state index in [0.717, 1.165) is 4.90 Å². The summed E-state index contributed by atoms with van der Waals surface area (Å²) in [6.07, 6.45) is -0.842. The number of amides is 1. The molecule has 0 saturated heterocycles. The lowest BCUT2D eigenvalue weighted by atomic mass is 10.1. The topological polar surface area (TPSA) is 66.8 Å². The molecule has 1 atom stereocenters. The van der Waals surface area contributed by atoms with E-state index in [2.05, 4.69) is 0 Å². The Morgan fingerprint density at radius 3 is 2.60 bits per heavy atom. The van der Waals surface area contributed by atoms with Gasteiger partial charge in [-0.3, -0.25) is 4.90 Å². The van der Waals surface area contributed by atoms with Gasteiger partial charge in [0, 0.05) is 12.0 Å². The predicted molar refractivity (Wildman–Crippen MR) is 70.2 cm³/mol. The van der Waals surface area contributed by atoms with Crippen LogP contribution in [-0.2, 0) is 16.0 Å².